The van der Waals surface area contributed by atoms with Crippen molar-refractivity contribution in [3.05, 3.63) is 30.2 Å². The average molecular weight is 425 g/mol. The number of nitrogen functional groups attached to an aromatic ring is 1. The number of hydrogen-bond donors (Lipinski definition) is 2. The molecule has 0 spiro atoms. The van der Waals surface area contributed by atoms with Gasteiger partial charge >= 0.3 is 6.09 Å². The van der Waals surface area contributed by atoms with Crippen LogP contribution >= 0.6 is 0 Å². The van der Waals surface area contributed by atoms with E-state index in [1.165, 1.54) is 19.3 Å². The van der Waals surface area contributed by atoms with E-state index in [0.29, 0.717) is 31.0 Å². The maximum absolute atomic E-state index is 12.9. The third kappa shape index (κ3) is 3.96. The number of ether oxygens (including phenoxy) is 1. The quantitative estimate of drug-likeness (QED) is 0.777. The van der Waals surface area contributed by atoms with Crippen molar-refractivity contribution < 1.29 is 14.3 Å². The molecule has 2 amide bonds. The predicted octanol–water partition coefficient (Wildman–Crippen LogP) is 2.19. The molecule has 2 saturated carbocycles. The molecule has 0 aromatic carbocycles. The highest BCUT2D eigenvalue weighted by atomic mass is 16.6. The molecule has 0 unspecified atom stereocenters. The summed E-state index contributed by atoms with van der Waals surface area (Å²) in [6.07, 6.45) is 10.4. The van der Waals surface area contributed by atoms with Gasteiger partial charge in [0.2, 0.25) is 0 Å². The highest BCUT2D eigenvalue weighted by Gasteiger charge is 2.42. The Labute approximate surface area is 180 Å². The number of anilines is 1. The van der Waals surface area contributed by atoms with Gasteiger partial charge in [-0.25, -0.2) is 9.78 Å². The largest absolute Gasteiger partial charge is 0.446 e. The first-order valence-corrected chi connectivity index (χ1v) is 11.0. The number of carbonyl (C=O) groups excluding carboxylic acids is 2. The zero-order chi connectivity index (χ0) is 21.5. The van der Waals surface area contributed by atoms with Gasteiger partial charge in [0, 0.05) is 49.7 Å². The van der Waals surface area contributed by atoms with Gasteiger partial charge in [-0.05, 0) is 50.0 Å². The number of likely N-dealkylation sites (tertiary alicyclic amines) is 1. The molecule has 1 saturated heterocycles. The summed E-state index contributed by atoms with van der Waals surface area (Å²) < 4.78 is 7.48. The lowest BCUT2D eigenvalue weighted by Gasteiger charge is -2.25. The van der Waals surface area contributed by atoms with E-state index in [1.54, 1.807) is 28.0 Å². The average Bonchev–Trinajstić information content (AvgIpc) is 3.53. The third-order valence-electron chi connectivity index (χ3n) is 6.91. The number of rotatable bonds is 4. The number of aromatic nitrogens is 3. The number of pyridine rings is 1. The van der Waals surface area contributed by atoms with Crippen molar-refractivity contribution in [2.24, 2.45) is 18.9 Å². The smallest absolute Gasteiger partial charge is 0.410 e. The van der Waals surface area contributed by atoms with Gasteiger partial charge in [0.05, 0.1) is 11.8 Å². The summed E-state index contributed by atoms with van der Waals surface area (Å²) in [6.45, 7) is 1.02. The number of aryl methyl sites for hydroxylation is 1. The van der Waals surface area contributed by atoms with Gasteiger partial charge in [0.15, 0.2) is 0 Å². The molecule has 3 N–H and O–H groups in total. The van der Waals surface area contributed by atoms with Gasteiger partial charge in [0.25, 0.3) is 5.91 Å². The van der Waals surface area contributed by atoms with Gasteiger partial charge in [-0.3, -0.25) is 9.48 Å². The first-order chi connectivity index (χ1) is 15.0. The molecular formula is C22H28N6O3. The molecule has 0 radical (unpaired) electrons. The van der Waals surface area contributed by atoms with Crippen molar-refractivity contribution in [2.75, 3.05) is 18.8 Å². The van der Waals surface area contributed by atoms with Crippen LogP contribution in [0.2, 0.25) is 0 Å². The molecule has 3 heterocycles. The van der Waals surface area contributed by atoms with E-state index >= 15 is 0 Å². The van der Waals surface area contributed by atoms with Crippen LogP contribution in [0, 0.1) is 11.8 Å². The number of amides is 2. The molecule has 31 heavy (non-hydrogen) atoms. The lowest BCUT2D eigenvalue weighted by molar-refractivity contribution is 0.0414. The number of carbonyl (C=O) groups is 2. The summed E-state index contributed by atoms with van der Waals surface area (Å²) >= 11 is 0. The Balaban J connectivity index is 1.19. The SMILES string of the molecule is Cn1cc(-c2cnc(N)c(C(=O)N[C@@H]3CCN(C(=O)O[C@H]4C[C@@H]5CC[C@H]4C5)C3)c2)cn1. The first-order valence-electron chi connectivity index (χ1n) is 11.0. The molecule has 2 aromatic heterocycles. The predicted molar refractivity (Wildman–Crippen MR) is 114 cm³/mol. The Hall–Kier alpha value is -3.10. The minimum absolute atomic E-state index is 0.0704. The summed E-state index contributed by atoms with van der Waals surface area (Å²) in [5.41, 5.74) is 7.92. The summed E-state index contributed by atoms with van der Waals surface area (Å²) in [5, 5.41) is 7.15. The fraction of sp³-hybridized carbons (Fsp3) is 0.545. The van der Waals surface area contributed by atoms with Crippen LogP contribution in [0.15, 0.2) is 24.7 Å². The zero-order valence-corrected chi connectivity index (χ0v) is 17.7. The van der Waals surface area contributed by atoms with Crippen molar-refractivity contribution in [3.8, 4) is 11.1 Å². The number of nitrogens with two attached hydrogens (primary N) is 1. The molecule has 2 aliphatic carbocycles. The third-order valence-corrected chi connectivity index (χ3v) is 6.91. The van der Waals surface area contributed by atoms with Crippen LogP contribution in [0.4, 0.5) is 10.6 Å². The Kier molecular flexibility index (Phi) is 5.03. The normalized spacial score (nSPS) is 26.9. The van der Waals surface area contributed by atoms with Gasteiger partial charge in [0.1, 0.15) is 11.9 Å². The van der Waals surface area contributed by atoms with Crippen molar-refractivity contribution in [3.63, 3.8) is 0 Å². The molecule has 9 heteroatoms. The minimum Gasteiger partial charge on any atom is -0.446 e. The highest BCUT2D eigenvalue weighted by Crippen LogP contribution is 2.46. The molecule has 2 aromatic rings. The number of hydrogen-bond acceptors (Lipinski definition) is 6. The van der Waals surface area contributed by atoms with Crippen molar-refractivity contribution in [2.45, 2.75) is 44.2 Å². The van der Waals surface area contributed by atoms with E-state index in [9.17, 15) is 9.59 Å². The highest BCUT2D eigenvalue weighted by molar-refractivity contribution is 5.99. The molecule has 4 atom stereocenters. The van der Waals surface area contributed by atoms with Gasteiger partial charge < -0.3 is 20.7 Å². The van der Waals surface area contributed by atoms with Gasteiger partial charge in [-0.1, -0.05) is 0 Å². The maximum Gasteiger partial charge on any atom is 0.410 e. The summed E-state index contributed by atoms with van der Waals surface area (Å²) in [7, 11) is 1.83. The van der Waals surface area contributed by atoms with Crippen molar-refractivity contribution in [1.82, 2.24) is 25.0 Å². The molecule has 3 fully saturated rings. The monoisotopic (exact) mass is 424 g/mol. The number of nitrogens with zero attached hydrogens (tertiary/aromatic N) is 4. The van der Waals surface area contributed by atoms with Gasteiger partial charge in [-0.2, -0.15) is 5.10 Å². The Morgan fingerprint density at radius 1 is 1.19 bits per heavy atom. The molecule has 5 rings (SSSR count). The second-order valence-corrected chi connectivity index (χ2v) is 9.06. The van der Waals surface area contributed by atoms with Crippen LogP contribution in [-0.4, -0.2) is 56.9 Å². The van der Waals surface area contributed by atoms with E-state index in [1.807, 2.05) is 13.2 Å². The molecule has 3 aliphatic rings. The second-order valence-electron chi connectivity index (χ2n) is 9.06. The topological polar surface area (TPSA) is 115 Å². The van der Waals surface area contributed by atoms with Crippen LogP contribution in [-0.2, 0) is 11.8 Å². The van der Waals surface area contributed by atoms with E-state index in [2.05, 4.69) is 15.4 Å². The minimum atomic E-state index is -0.288. The molecule has 9 nitrogen and oxygen atoms in total. The van der Waals surface area contributed by atoms with E-state index in [0.717, 1.165) is 23.5 Å². The lowest BCUT2D eigenvalue weighted by Crippen LogP contribution is -2.40. The fourth-order valence-electron chi connectivity index (χ4n) is 5.23. The Morgan fingerprint density at radius 3 is 2.77 bits per heavy atom. The first kappa shape index (κ1) is 19.8. The Bertz CT molecular complexity index is 1000. The maximum atomic E-state index is 12.9. The van der Waals surface area contributed by atoms with Gasteiger partial charge in [-0.15, -0.1) is 0 Å². The second kappa shape index (κ2) is 7.86. The summed E-state index contributed by atoms with van der Waals surface area (Å²) in [4.78, 5) is 31.3. The van der Waals surface area contributed by atoms with Crippen LogP contribution in [0.5, 0.6) is 0 Å². The fourth-order valence-corrected chi connectivity index (χ4v) is 5.23. The van der Waals surface area contributed by atoms with Crippen LogP contribution in [0.25, 0.3) is 11.1 Å². The number of nitrogens with one attached hydrogen (secondary N) is 1. The molecule has 2 bridgehead atoms. The van der Waals surface area contributed by atoms with Crippen molar-refractivity contribution >= 4 is 17.8 Å². The summed E-state index contributed by atoms with van der Waals surface area (Å²) in [5.74, 6) is 1.16. The van der Waals surface area contributed by atoms with Crippen molar-refractivity contribution in [1.29, 1.82) is 0 Å². The Morgan fingerprint density at radius 2 is 2.06 bits per heavy atom. The summed E-state index contributed by atoms with van der Waals surface area (Å²) in [6, 6.07) is 1.59. The van der Waals surface area contributed by atoms with Crippen LogP contribution < -0.4 is 11.1 Å². The molecule has 164 valence electrons. The van der Waals surface area contributed by atoms with Crippen LogP contribution in [0.3, 0.4) is 0 Å². The standard InChI is InChI=1S/C22H28N6O3/c1-27-11-16(10-25-27)15-8-18(20(23)24-9-15)21(29)26-17-4-5-28(12-17)22(30)31-19-7-13-2-3-14(19)6-13/h8-11,13-14,17,19H,2-7,12H2,1H3,(H2,23,24)(H,26,29)/t13-,14+,17-,19+/m1/s1. The van der Waals surface area contributed by atoms with E-state index in [-0.39, 0.29) is 30.0 Å². The van der Waals surface area contributed by atoms with E-state index < -0.39 is 0 Å². The zero-order valence-electron chi connectivity index (χ0n) is 17.7. The van der Waals surface area contributed by atoms with E-state index in [4.69, 9.17) is 10.5 Å². The lowest BCUT2D eigenvalue weighted by atomic mass is 9.98. The molecular weight excluding hydrogens is 396 g/mol. The molecule has 1 aliphatic heterocycles. The number of fused-ring (bicyclic) bond motifs is 2. The van der Waals surface area contributed by atoms with Crippen LogP contribution in [0.1, 0.15) is 42.5 Å².